The molecule has 0 radical (unpaired) electrons. The highest BCUT2D eigenvalue weighted by molar-refractivity contribution is 5.76. The van der Waals surface area contributed by atoms with E-state index >= 15 is 0 Å². The zero-order valence-electron chi connectivity index (χ0n) is 26.7. The van der Waals surface area contributed by atoms with Crippen LogP contribution in [0.15, 0.2) is 0 Å². The first kappa shape index (κ1) is 38.4. The van der Waals surface area contributed by atoms with Gasteiger partial charge in [0.1, 0.15) is 0 Å². The summed E-state index contributed by atoms with van der Waals surface area (Å²) in [6.45, 7) is 4.34. The van der Waals surface area contributed by atoms with Crippen LogP contribution in [0.3, 0.4) is 0 Å². The Kier molecular flexibility index (Phi) is 31.4. The number of amides is 1. The van der Waals surface area contributed by atoms with Gasteiger partial charge < -0.3 is 15.5 Å². The minimum Gasteiger partial charge on any atom is -0.394 e. The molecule has 0 aromatic heterocycles. The molecule has 0 spiro atoms. The second-order valence-corrected chi connectivity index (χ2v) is 12.3. The van der Waals surface area contributed by atoms with Crippen LogP contribution in [0.1, 0.15) is 200 Å². The number of unbranched alkanes of at least 4 members (excludes halogenated alkanes) is 25. The van der Waals surface area contributed by atoms with Crippen molar-refractivity contribution in [3.05, 3.63) is 0 Å². The van der Waals surface area contributed by atoms with Crippen LogP contribution in [0.2, 0.25) is 0 Å². The van der Waals surface area contributed by atoms with Crippen LogP contribution in [0.5, 0.6) is 0 Å². The second kappa shape index (κ2) is 31.9. The fraction of sp³-hybridized carbons (Fsp3) is 0.971. The molecule has 0 aromatic carbocycles. The molecule has 234 valence electrons. The number of carbonyl (C=O) groups excluding carboxylic acids is 1. The number of aliphatic hydroxyl groups is 2. The highest BCUT2D eigenvalue weighted by atomic mass is 16.3. The molecular formula is C35H71NO3. The zero-order valence-corrected chi connectivity index (χ0v) is 26.7. The average Bonchev–Trinajstić information content (AvgIpc) is 2.94. The maximum Gasteiger partial charge on any atom is 0.220 e. The average molecular weight is 554 g/mol. The molecule has 39 heavy (non-hydrogen) atoms. The lowest BCUT2D eigenvalue weighted by atomic mass is 10.0. The Morgan fingerprint density at radius 1 is 0.513 bits per heavy atom. The number of rotatable bonds is 32. The summed E-state index contributed by atoms with van der Waals surface area (Å²) in [5, 5.41) is 22.9. The summed E-state index contributed by atoms with van der Waals surface area (Å²) >= 11 is 0. The molecule has 1 amide bonds. The van der Waals surface area contributed by atoms with E-state index in [1.165, 1.54) is 148 Å². The van der Waals surface area contributed by atoms with Gasteiger partial charge in [0, 0.05) is 6.42 Å². The van der Waals surface area contributed by atoms with Crippen molar-refractivity contribution in [2.24, 2.45) is 0 Å². The van der Waals surface area contributed by atoms with Gasteiger partial charge in [0.25, 0.3) is 0 Å². The van der Waals surface area contributed by atoms with Gasteiger partial charge >= 0.3 is 0 Å². The molecule has 0 aliphatic carbocycles. The number of nitrogens with one attached hydrogen (secondary N) is 1. The predicted molar refractivity (Wildman–Crippen MR) is 170 cm³/mol. The van der Waals surface area contributed by atoms with E-state index in [1.54, 1.807) is 0 Å². The summed E-state index contributed by atoms with van der Waals surface area (Å²) in [6, 6.07) is -0.526. The normalized spacial score (nSPS) is 13.0. The van der Waals surface area contributed by atoms with Gasteiger partial charge in [-0.2, -0.15) is 0 Å². The van der Waals surface area contributed by atoms with E-state index in [9.17, 15) is 15.0 Å². The molecule has 4 heteroatoms. The summed E-state index contributed by atoms with van der Waals surface area (Å²) in [7, 11) is 0. The Morgan fingerprint density at radius 2 is 0.821 bits per heavy atom. The molecule has 0 saturated carbocycles. The summed E-state index contributed by atoms with van der Waals surface area (Å²) in [5.74, 6) is -0.0309. The number of aliphatic hydroxyl groups excluding tert-OH is 2. The minimum absolute atomic E-state index is 0.0309. The molecule has 0 bridgehead atoms. The summed E-state index contributed by atoms with van der Waals surface area (Å²) in [6.07, 6.45) is 35.9. The van der Waals surface area contributed by atoms with Gasteiger partial charge in [-0.3, -0.25) is 4.79 Å². The summed E-state index contributed by atoms with van der Waals surface area (Å²) < 4.78 is 0. The molecule has 0 unspecified atom stereocenters. The number of hydrogen-bond donors (Lipinski definition) is 3. The van der Waals surface area contributed by atoms with Crippen LogP contribution < -0.4 is 5.32 Å². The van der Waals surface area contributed by atoms with Crippen molar-refractivity contribution in [1.82, 2.24) is 5.32 Å². The molecule has 0 rings (SSSR count). The maximum atomic E-state index is 12.3. The molecule has 0 saturated heterocycles. The Balaban J connectivity index is 3.48. The highest BCUT2D eigenvalue weighted by Gasteiger charge is 2.19. The van der Waals surface area contributed by atoms with Crippen molar-refractivity contribution in [2.75, 3.05) is 6.61 Å². The van der Waals surface area contributed by atoms with Crippen molar-refractivity contribution >= 4 is 5.91 Å². The zero-order chi connectivity index (χ0) is 28.7. The lowest BCUT2D eigenvalue weighted by Crippen LogP contribution is -2.45. The van der Waals surface area contributed by atoms with Crippen molar-refractivity contribution in [3.8, 4) is 0 Å². The third-order valence-corrected chi connectivity index (χ3v) is 8.37. The molecule has 0 heterocycles. The maximum absolute atomic E-state index is 12.3. The van der Waals surface area contributed by atoms with E-state index in [0.717, 1.165) is 25.7 Å². The van der Waals surface area contributed by atoms with Crippen LogP contribution in [0, 0.1) is 0 Å². The number of hydrogen-bond acceptors (Lipinski definition) is 3. The van der Waals surface area contributed by atoms with Crippen LogP contribution in [-0.2, 0) is 4.79 Å². The smallest absolute Gasteiger partial charge is 0.220 e. The van der Waals surface area contributed by atoms with Crippen LogP contribution in [-0.4, -0.2) is 34.9 Å². The monoisotopic (exact) mass is 554 g/mol. The topological polar surface area (TPSA) is 69.6 Å². The first-order chi connectivity index (χ1) is 19.2. The van der Waals surface area contributed by atoms with Gasteiger partial charge in [-0.1, -0.05) is 181 Å². The molecule has 2 atom stereocenters. The van der Waals surface area contributed by atoms with Crippen LogP contribution in [0.25, 0.3) is 0 Å². The Bertz CT molecular complexity index is 485. The van der Waals surface area contributed by atoms with Crippen LogP contribution >= 0.6 is 0 Å². The summed E-state index contributed by atoms with van der Waals surface area (Å²) in [4.78, 5) is 12.3. The highest BCUT2D eigenvalue weighted by Crippen LogP contribution is 2.15. The molecular weight excluding hydrogens is 482 g/mol. The van der Waals surface area contributed by atoms with Crippen molar-refractivity contribution in [2.45, 2.75) is 212 Å². The summed E-state index contributed by atoms with van der Waals surface area (Å²) in [5.41, 5.74) is 0. The molecule has 0 aromatic rings. The molecule has 0 aliphatic rings. The van der Waals surface area contributed by atoms with E-state index in [4.69, 9.17) is 0 Å². The first-order valence-corrected chi connectivity index (χ1v) is 17.7. The van der Waals surface area contributed by atoms with Crippen LogP contribution in [0.4, 0.5) is 0 Å². The van der Waals surface area contributed by atoms with E-state index in [0.29, 0.717) is 12.8 Å². The van der Waals surface area contributed by atoms with E-state index < -0.39 is 12.1 Å². The first-order valence-electron chi connectivity index (χ1n) is 17.7. The third-order valence-electron chi connectivity index (χ3n) is 8.37. The SMILES string of the molecule is CCCCCCCCCCCCCCCCCCCCC(=O)N[C@@H](CO)[C@H](O)CCCCCCCCCCC. The van der Waals surface area contributed by atoms with Gasteiger partial charge in [0.2, 0.25) is 5.91 Å². The van der Waals surface area contributed by atoms with E-state index in [1.807, 2.05) is 0 Å². The van der Waals surface area contributed by atoms with E-state index in [2.05, 4.69) is 19.2 Å². The fourth-order valence-corrected chi connectivity index (χ4v) is 5.59. The van der Waals surface area contributed by atoms with E-state index in [-0.39, 0.29) is 12.5 Å². The van der Waals surface area contributed by atoms with Crippen molar-refractivity contribution in [3.63, 3.8) is 0 Å². The Labute approximate surface area is 244 Å². The minimum atomic E-state index is -0.649. The van der Waals surface area contributed by atoms with Gasteiger partial charge in [-0.15, -0.1) is 0 Å². The molecule has 0 fully saturated rings. The molecule has 3 N–H and O–H groups in total. The predicted octanol–water partition coefficient (Wildman–Crippen LogP) is 10.2. The van der Waals surface area contributed by atoms with Gasteiger partial charge in [0.15, 0.2) is 0 Å². The lowest BCUT2D eigenvalue weighted by Gasteiger charge is -2.22. The fourth-order valence-electron chi connectivity index (χ4n) is 5.59. The number of carbonyl (C=O) groups is 1. The largest absolute Gasteiger partial charge is 0.394 e. The third kappa shape index (κ3) is 28.7. The van der Waals surface area contributed by atoms with Gasteiger partial charge in [-0.25, -0.2) is 0 Å². The standard InChI is InChI=1S/C35H71NO3/c1-3-5-7-9-11-13-14-15-16-17-18-19-20-21-23-25-27-29-31-35(39)36-33(32-37)34(38)30-28-26-24-22-12-10-8-6-4-2/h33-34,37-38H,3-32H2,1-2H3,(H,36,39)/t33-,34+/m0/s1. The Hall–Kier alpha value is -0.610. The van der Waals surface area contributed by atoms with Crippen molar-refractivity contribution < 1.29 is 15.0 Å². The molecule has 0 aliphatic heterocycles. The van der Waals surface area contributed by atoms with Gasteiger partial charge in [0.05, 0.1) is 18.8 Å². The van der Waals surface area contributed by atoms with Crippen molar-refractivity contribution in [1.29, 1.82) is 0 Å². The van der Waals surface area contributed by atoms with Gasteiger partial charge in [-0.05, 0) is 12.8 Å². The quantitative estimate of drug-likeness (QED) is 0.0726. The lowest BCUT2D eigenvalue weighted by molar-refractivity contribution is -0.123. The Morgan fingerprint density at radius 3 is 1.15 bits per heavy atom. The second-order valence-electron chi connectivity index (χ2n) is 12.3. The molecule has 4 nitrogen and oxygen atoms in total.